The van der Waals surface area contributed by atoms with Crippen LogP contribution in [-0.4, -0.2) is 30.8 Å². The molecule has 2 rings (SSSR count). The van der Waals surface area contributed by atoms with Gasteiger partial charge in [-0.25, -0.2) is 4.90 Å². The Hall–Kier alpha value is -2.25. The predicted molar refractivity (Wildman–Crippen MR) is 96.6 cm³/mol. The molecule has 14 heteroatoms. The molecule has 27 heavy (non-hydrogen) atoms. The monoisotopic (exact) mass is 432 g/mol. The highest BCUT2D eigenvalue weighted by atomic mass is 33.1. The number of amides is 2. The second-order valence-corrected chi connectivity index (χ2v) is 8.18. The molecule has 0 radical (unpaired) electrons. The van der Waals surface area contributed by atoms with Crippen molar-refractivity contribution in [2.24, 2.45) is 5.11 Å². The lowest BCUT2D eigenvalue weighted by Gasteiger charge is -2.21. The maximum absolute atomic E-state index is 12.1. The minimum Gasteiger partial charge on any atom is -0.379 e. The van der Waals surface area contributed by atoms with Crippen LogP contribution in [0, 0.1) is 0 Å². The molecule has 1 aliphatic heterocycles. The van der Waals surface area contributed by atoms with Crippen LogP contribution < -0.4 is 4.90 Å². The molecule has 2 amide bonds. The molecule has 1 N–H and O–H groups in total. The zero-order chi connectivity index (χ0) is 20.2. The summed E-state index contributed by atoms with van der Waals surface area (Å²) in [7, 11) is -4.22. The second-order valence-electron chi connectivity index (χ2n) is 5.01. The summed E-state index contributed by atoms with van der Waals surface area (Å²) in [4.78, 5) is 37.8. The summed E-state index contributed by atoms with van der Waals surface area (Å²) in [5.41, 5.74) is 7.71. The van der Waals surface area contributed by atoms with Crippen molar-refractivity contribution < 1.29 is 31.5 Å². The maximum Gasteiger partial charge on any atom is 0.318 e. The van der Waals surface area contributed by atoms with Gasteiger partial charge in [-0.2, -0.15) is 8.42 Å². The molecular weight excluding hydrogens is 420 g/mol. The van der Waals surface area contributed by atoms with Gasteiger partial charge < -0.3 is 4.18 Å². The topological polar surface area (TPSA) is 167 Å². The highest BCUT2D eigenvalue weighted by molar-refractivity contribution is 8.75. The third-order valence-corrected chi connectivity index (χ3v) is 5.99. The first kappa shape index (κ1) is 21.1. The summed E-state index contributed by atoms with van der Waals surface area (Å²) >= 11 is 0.591. The van der Waals surface area contributed by atoms with Crippen molar-refractivity contribution >= 4 is 61.1 Å². The molecule has 1 heterocycles. The number of imide groups is 1. The molecule has 1 aliphatic rings. The van der Waals surface area contributed by atoms with Gasteiger partial charge in [-0.05, 0) is 28.5 Å². The quantitative estimate of drug-likeness (QED) is 0.129. The predicted octanol–water partition coefficient (Wildman–Crippen LogP) is 3.14. The minimum atomic E-state index is -4.98. The Kier molecular flexibility index (Phi) is 6.73. The zero-order valence-electron chi connectivity index (χ0n) is 13.7. The standard InChI is InChI=1S/C13H12N4O7S3/c1-2-11(20)24-26-25-8-4-3-7(15-16-14)13(27(21,22)23)12(8)17-9(18)5-6-10(17)19/h3-4H,2,5-6H2,1H3,(H,21,22,23). The highest BCUT2D eigenvalue weighted by Crippen LogP contribution is 2.46. The second kappa shape index (κ2) is 8.63. The molecule has 0 aliphatic carbocycles. The number of carbonyl (C=O) groups is 3. The van der Waals surface area contributed by atoms with Crippen molar-refractivity contribution in [2.75, 3.05) is 4.90 Å². The summed E-state index contributed by atoms with van der Waals surface area (Å²) in [6.45, 7) is 1.58. The molecule has 0 unspecified atom stereocenters. The Morgan fingerprint density at radius 3 is 2.52 bits per heavy atom. The van der Waals surface area contributed by atoms with Crippen molar-refractivity contribution in [1.29, 1.82) is 0 Å². The van der Waals surface area contributed by atoms with E-state index < -0.39 is 44.2 Å². The molecule has 1 aromatic rings. The van der Waals surface area contributed by atoms with Crippen molar-refractivity contribution in [2.45, 2.75) is 36.0 Å². The van der Waals surface area contributed by atoms with Crippen LogP contribution in [0.5, 0.6) is 0 Å². The van der Waals surface area contributed by atoms with Crippen molar-refractivity contribution in [3.05, 3.63) is 22.6 Å². The van der Waals surface area contributed by atoms with E-state index in [0.29, 0.717) is 16.0 Å². The molecule has 1 aromatic carbocycles. The Bertz CT molecular complexity index is 941. The summed E-state index contributed by atoms with van der Waals surface area (Å²) in [6.07, 6.45) is -0.176. The van der Waals surface area contributed by atoms with Gasteiger partial charge in [0.25, 0.3) is 10.1 Å². The number of rotatable bonds is 7. The van der Waals surface area contributed by atoms with E-state index in [9.17, 15) is 27.4 Å². The van der Waals surface area contributed by atoms with Crippen LogP contribution >= 0.6 is 21.9 Å². The summed E-state index contributed by atoms with van der Waals surface area (Å²) in [5, 5.41) is 3.21. The Morgan fingerprint density at radius 1 is 1.37 bits per heavy atom. The highest BCUT2D eigenvalue weighted by Gasteiger charge is 2.37. The molecule has 0 saturated carbocycles. The summed E-state index contributed by atoms with van der Waals surface area (Å²) < 4.78 is 38.3. The fraction of sp³-hybridized carbons (Fsp3) is 0.308. The van der Waals surface area contributed by atoms with Gasteiger partial charge in [-0.15, -0.1) is 0 Å². The van der Waals surface area contributed by atoms with Crippen LogP contribution in [0.1, 0.15) is 26.2 Å². The number of nitrogens with zero attached hydrogens (tertiary/aromatic N) is 4. The van der Waals surface area contributed by atoms with E-state index in [4.69, 9.17) is 9.71 Å². The summed E-state index contributed by atoms with van der Waals surface area (Å²) in [6, 6.07) is 2.38. The molecule has 144 valence electrons. The first-order valence-corrected chi connectivity index (χ1v) is 10.8. The fourth-order valence-corrected chi connectivity index (χ4v) is 4.71. The molecule has 0 spiro atoms. The average molecular weight is 432 g/mol. The van der Waals surface area contributed by atoms with E-state index >= 15 is 0 Å². The third kappa shape index (κ3) is 4.73. The fourth-order valence-electron chi connectivity index (χ4n) is 2.18. The number of hydrogen-bond acceptors (Lipinski definition) is 9. The first-order valence-electron chi connectivity index (χ1n) is 7.30. The average Bonchev–Trinajstić information content (AvgIpc) is 2.93. The molecule has 0 aromatic heterocycles. The smallest absolute Gasteiger partial charge is 0.318 e. The van der Waals surface area contributed by atoms with Crippen LogP contribution in [-0.2, 0) is 28.7 Å². The Labute approximate surface area is 161 Å². The van der Waals surface area contributed by atoms with Gasteiger partial charge in [0.2, 0.25) is 11.8 Å². The van der Waals surface area contributed by atoms with E-state index in [-0.39, 0.29) is 24.2 Å². The number of hydrogen-bond donors (Lipinski definition) is 1. The third-order valence-electron chi connectivity index (χ3n) is 3.30. The number of carbonyl (C=O) groups excluding carboxylic acids is 3. The number of benzene rings is 1. The van der Waals surface area contributed by atoms with Gasteiger partial charge in [0, 0.05) is 29.1 Å². The van der Waals surface area contributed by atoms with Crippen LogP contribution in [0.25, 0.3) is 10.4 Å². The van der Waals surface area contributed by atoms with Gasteiger partial charge >= 0.3 is 5.97 Å². The van der Waals surface area contributed by atoms with E-state index in [1.165, 1.54) is 6.07 Å². The Morgan fingerprint density at radius 2 is 2.00 bits per heavy atom. The molecule has 1 saturated heterocycles. The van der Waals surface area contributed by atoms with Crippen molar-refractivity contribution in [1.82, 2.24) is 0 Å². The van der Waals surface area contributed by atoms with Gasteiger partial charge in [0.15, 0.2) is 0 Å². The van der Waals surface area contributed by atoms with Gasteiger partial charge in [0.05, 0.1) is 11.4 Å². The van der Waals surface area contributed by atoms with Gasteiger partial charge in [-0.1, -0.05) is 12.0 Å². The number of anilines is 1. The largest absolute Gasteiger partial charge is 0.379 e. The van der Waals surface area contributed by atoms with E-state index in [1.54, 1.807) is 6.92 Å². The lowest BCUT2D eigenvalue weighted by atomic mass is 10.2. The zero-order valence-corrected chi connectivity index (χ0v) is 16.1. The van der Waals surface area contributed by atoms with Crippen molar-refractivity contribution in [3.63, 3.8) is 0 Å². The van der Waals surface area contributed by atoms with Crippen LogP contribution in [0.15, 0.2) is 27.0 Å². The van der Waals surface area contributed by atoms with Crippen LogP contribution in [0.3, 0.4) is 0 Å². The summed E-state index contributed by atoms with van der Waals surface area (Å²) in [5.74, 6) is -1.90. The lowest BCUT2D eigenvalue weighted by molar-refractivity contribution is -0.132. The molecular formula is C13H12N4O7S3. The molecule has 0 atom stereocenters. The van der Waals surface area contributed by atoms with E-state index in [2.05, 4.69) is 10.0 Å². The van der Waals surface area contributed by atoms with E-state index in [0.717, 1.165) is 16.9 Å². The minimum absolute atomic E-state index is 0.0389. The SMILES string of the molecule is CCC(=O)OSSc1ccc(N=[N+]=[N-])c(S(=O)(=O)O)c1N1C(=O)CCC1=O. The first-order chi connectivity index (χ1) is 12.7. The van der Waals surface area contributed by atoms with Crippen LogP contribution in [0.4, 0.5) is 11.4 Å². The maximum atomic E-state index is 12.1. The lowest BCUT2D eigenvalue weighted by Crippen LogP contribution is -2.30. The van der Waals surface area contributed by atoms with E-state index in [1.807, 2.05) is 0 Å². The van der Waals surface area contributed by atoms with Gasteiger partial charge in [0.1, 0.15) is 16.0 Å². The normalized spacial score (nSPS) is 14.2. The number of azide groups is 1. The van der Waals surface area contributed by atoms with Crippen LogP contribution in [0.2, 0.25) is 0 Å². The molecule has 11 nitrogen and oxygen atoms in total. The molecule has 1 fully saturated rings. The van der Waals surface area contributed by atoms with Gasteiger partial charge in [-0.3, -0.25) is 18.9 Å². The van der Waals surface area contributed by atoms with Crippen molar-refractivity contribution in [3.8, 4) is 0 Å². The Balaban J connectivity index is 2.66. The molecule has 0 bridgehead atoms.